The van der Waals surface area contributed by atoms with E-state index in [1.54, 1.807) is 0 Å². The summed E-state index contributed by atoms with van der Waals surface area (Å²) >= 11 is 1.50. The van der Waals surface area contributed by atoms with Crippen LogP contribution in [0.2, 0.25) is 0 Å². The van der Waals surface area contributed by atoms with Crippen molar-refractivity contribution in [1.29, 1.82) is 0 Å². The Morgan fingerprint density at radius 1 is 1.03 bits per heavy atom. The molecule has 0 unspecified atom stereocenters. The number of carbonyl (C=O) groups is 6. The van der Waals surface area contributed by atoms with Crippen molar-refractivity contribution < 1.29 is 33.9 Å². The number of hydrogen-bond donors (Lipinski definition) is 7. The molecule has 5 amide bonds. The lowest BCUT2D eigenvalue weighted by Gasteiger charge is -2.30. The van der Waals surface area contributed by atoms with Gasteiger partial charge in [0.15, 0.2) is 0 Å². The molecule has 1 saturated heterocycles. The van der Waals surface area contributed by atoms with Gasteiger partial charge in [-0.05, 0) is 57.6 Å². The van der Waals surface area contributed by atoms with Gasteiger partial charge in [-0.2, -0.15) is 11.8 Å². The molecule has 0 spiro atoms. The van der Waals surface area contributed by atoms with Gasteiger partial charge in [0.05, 0.1) is 12.5 Å². The SMILES string of the molecule is CSCC[C@H](NC(=O)[C@@H](N)CCCCN)C(=O)N1CCC[C@H]1C(=O)N[C@@H](CC(N)=O)C(=O)N[C@@H](C)C(=O)O. The number of thioether (sulfide) groups is 1. The summed E-state index contributed by atoms with van der Waals surface area (Å²) in [6.45, 7) is 1.98. The number of carboxylic acids is 1. The first-order chi connectivity index (χ1) is 17.9. The molecule has 10 N–H and O–H groups in total. The smallest absolute Gasteiger partial charge is 0.325 e. The zero-order chi connectivity index (χ0) is 28.8. The molecule has 1 rings (SSSR count). The Balaban J connectivity index is 2.97. The molecule has 1 fully saturated rings. The van der Waals surface area contributed by atoms with Crippen LogP contribution >= 0.6 is 11.8 Å². The van der Waals surface area contributed by atoms with Crippen LogP contribution in [0.3, 0.4) is 0 Å². The summed E-state index contributed by atoms with van der Waals surface area (Å²) in [4.78, 5) is 75.6. The van der Waals surface area contributed by atoms with Crippen molar-refractivity contribution in [3.8, 4) is 0 Å². The van der Waals surface area contributed by atoms with Crippen molar-refractivity contribution in [3.63, 3.8) is 0 Å². The van der Waals surface area contributed by atoms with Gasteiger partial charge in [0, 0.05) is 6.54 Å². The molecule has 0 aromatic carbocycles. The summed E-state index contributed by atoms with van der Waals surface area (Å²) in [5, 5.41) is 16.4. The van der Waals surface area contributed by atoms with E-state index in [1.165, 1.54) is 23.6 Å². The highest BCUT2D eigenvalue weighted by atomic mass is 32.2. The van der Waals surface area contributed by atoms with E-state index in [9.17, 15) is 28.8 Å². The number of carbonyl (C=O) groups excluding carboxylic acids is 5. The Labute approximate surface area is 226 Å². The van der Waals surface area contributed by atoms with E-state index < -0.39 is 72.1 Å². The molecule has 0 aromatic rings. The molecule has 14 nitrogen and oxygen atoms in total. The molecular weight excluding hydrogens is 518 g/mol. The molecule has 1 aliphatic rings. The third kappa shape index (κ3) is 10.8. The minimum absolute atomic E-state index is 0.258. The van der Waals surface area contributed by atoms with Crippen LogP contribution in [0.15, 0.2) is 0 Å². The van der Waals surface area contributed by atoms with E-state index in [2.05, 4.69) is 16.0 Å². The number of aliphatic carboxylic acids is 1. The monoisotopic (exact) mass is 559 g/mol. The van der Waals surface area contributed by atoms with E-state index in [1.807, 2.05) is 6.26 Å². The fourth-order valence-electron chi connectivity index (χ4n) is 3.97. The average molecular weight is 560 g/mol. The van der Waals surface area contributed by atoms with Gasteiger partial charge in [-0.1, -0.05) is 6.42 Å². The molecule has 5 atom stereocenters. The Kier molecular flexibility index (Phi) is 14.7. The molecule has 15 heteroatoms. The molecule has 1 aliphatic heterocycles. The number of rotatable bonds is 17. The van der Waals surface area contributed by atoms with Crippen LogP contribution < -0.4 is 33.2 Å². The van der Waals surface area contributed by atoms with Crippen LogP contribution in [0.4, 0.5) is 0 Å². The summed E-state index contributed by atoms with van der Waals surface area (Å²) < 4.78 is 0. The number of nitrogens with one attached hydrogen (secondary N) is 3. The van der Waals surface area contributed by atoms with Gasteiger partial charge in [0.2, 0.25) is 29.5 Å². The number of hydrogen-bond acceptors (Lipinski definition) is 9. The number of primary amides is 1. The normalized spacial score (nSPS) is 18.1. The van der Waals surface area contributed by atoms with Crippen LogP contribution in [0, 0.1) is 0 Å². The Hall–Kier alpha value is -2.91. The lowest BCUT2D eigenvalue weighted by Crippen LogP contribution is -2.58. The molecule has 0 radical (unpaired) electrons. The van der Waals surface area contributed by atoms with Crippen LogP contribution in [-0.2, 0) is 28.8 Å². The van der Waals surface area contributed by atoms with Gasteiger partial charge in [0.1, 0.15) is 24.2 Å². The third-order valence-electron chi connectivity index (χ3n) is 6.14. The fraction of sp³-hybridized carbons (Fsp3) is 0.739. The summed E-state index contributed by atoms with van der Waals surface area (Å²) in [6, 6.07) is -5.33. The number of nitrogens with zero attached hydrogens (tertiary/aromatic N) is 1. The molecule has 216 valence electrons. The predicted octanol–water partition coefficient (Wildman–Crippen LogP) is -2.38. The first kappa shape index (κ1) is 33.1. The second kappa shape index (κ2) is 16.8. The lowest BCUT2D eigenvalue weighted by molar-refractivity contribution is -0.143. The lowest BCUT2D eigenvalue weighted by atomic mass is 10.1. The highest BCUT2D eigenvalue weighted by Crippen LogP contribution is 2.20. The zero-order valence-corrected chi connectivity index (χ0v) is 22.8. The van der Waals surface area contributed by atoms with Crippen molar-refractivity contribution in [1.82, 2.24) is 20.9 Å². The van der Waals surface area contributed by atoms with Gasteiger partial charge < -0.3 is 43.2 Å². The van der Waals surface area contributed by atoms with Crippen molar-refractivity contribution in [2.24, 2.45) is 17.2 Å². The number of unbranched alkanes of at least 4 members (excludes halogenated alkanes) is 1. The summed E-state index contributed by atoms with van der Waals surface area (Å²) in [5.74, 6) is -4.10. The number of amides is 5. The standard InChI is InChI=1S/C23H41N7O7S/c1-13(23(36)37)27-20(33)16(12-18(26)31)29-21(34)17-7-5-10-30(17)22(35)15(8-11-38-2)28-19(32)14(25)6-3-4-9-24/h13-17H,3-12,24-25H2,1-2H3,(H2,26,31)(H,27,33)(H,28,32)(H,29,34)(H,36,37)/t13-,14-,15-,16-,17-/m0/s1. The Morgan fingerprint density at radius 2 is 1.71 bits per heavy atom. The minimum Gasteiger partial charge on any atom is -0.480 e. The first-order valence-corrected chi connectivity index (χ1v) is 14.0. The van der Waals surface area contributed by atoms with E-state index in [0.29, 0.717) is 44.4 Å². The molecule has 0 bridgehead atoms. The molecule has 38 heavy (non-hydrogen) atoms. The Bertz CT molecular complexity index is 860. The highest BCUT2D eigenvalue weighted by molar-refractivity contribution is 7.98. The van der Waals surface area contributed by atoms with E-state index in [-0.39, 0.29) is 6.54 Å². The van der Waals surface area contributed by atoms with Crippen LogP contribution in [0.25, 0.3) is 0 Å². The highest BCUT2D eigenvalue weighted by Gasteiger charge is 2.39. The van der Waals surface area contributed by atoms with E-state index in [4.69, 9.17) is 22.3 Å². The van der Waals surface area contributed by atoms with Crippen molar-refractivity contribution >= 4 is 47.3 Å². The maximum atomic E-state index is 13.4. The second-order valence-electron chi connectivity index (χ2n) is 9.22. The largest absolute Gasteiger partial charge is 0.480 e. The quantitative estimate of drug-likeness (QED) is 0.0933. The Morgan fingerprint density at radius 3 is 2.29 bits per heavy atom. The fourth-order valence-corrected chi connectivity index (χ4v) is 4.44. The van der Waals surface area contributed by atoms with Gasteiger partial charge in [0.25, 0.3) is 0 Å². The summed E-state index contributed by atoms with van der Waals surface area (Å²) in [6.07, 6.45) is 4.27. The third-order valence-corrected chi connectivity index (χ3v) is 6.78. The number of nitrogens with two attached hydrogens (primary N) is 3. The van der Waals surface area contributed by atoms with Gasteiger partial charge in [-0.15, -0.1) is 0 Å². The van der Waals surface area contributed by atoms with Crippen LogP contribution in [-0.4, -0.2) is 101 Å². The average Bonchev–Trinajstić information content (AvgIpc) is 3.35. The molecule has 0 aliphatic carbocycles. The van der Waals surface area contributed by atoms with E-state index >= 15 is 0 Å². The number of likely N-dealkylation sites (tertiary alicyclic amines) is 1. The molecular formula is C23H41N7O7S. The molecule has 0 aromatic heterocycles. The summed E-state index contributed by atoms with van der Waals surface area (Å²) in [5.41, 5.74) is 16.7. The number of carboxylic acid groups (broad SMARTS) is 1. The zero-order valence-electron chi connectivity index (χ0n) is 21.9. The maximum absolute atomic E-state index is 13.4. The van der Waals surface area contributed by atoms with Gasteiger partial charge in [-0.25, -0.2) is 0 Å². The van der Waals surface area contributed by atoms with Crippen LogP contribution in [0.1, 0.15) is 51.9 Å². The maximum Gasteiger partial charge on any atom is 0.325 e. The van der Waals surface area contributed by atoms with Gasteiger partial charge >= 0.3 is 5.97 Å². The van der Waals surface area contributed by atoms with Crippen molar-refractivity contribution in [3.05, 3.63) is 0 Å². The second-order valence-corrected chi connectivity index (χ2v) is 10.2. The van der Waals surface area contributed by atoms with Crippen molar-refractivity contribution in [2.75, 3.05) is 25.1 Å². The van der Waals surface area contributed by atoms with Crippen LogP contribution in [0.5, 0.6) is 0 Å². The van der Waals surface area contributed by atoms with Crippen molar-refractivity contribution in [2.45, 2.75) is 82.1 Å². The first-order valence-electron chi connectivity index (χ1n) is 12.6. The van der Waals surface area contributed by atoms with E-state index in [0.717, 1.165) is 6.42 Å². The predicted molar refractivity (Wildman–Crippen MR) is 142 cm³/mol. The minimum atomic E-state index is -1.42. The van der Waals surface area contributed by atoms with Gasteiger partial charge in [-0.3, -0.25) is 28.8 Å². The molecule has 1 heterocycles. The molecule has 0 saturated carbocycles. The topological polar surface area (TPSA) is 240 Å². The summed E-state index contributed by atoms with van der Waals surface area (Å²) in [7, 11) is 0.